The highest BCUT2D eigenvalue weighted by Gasteiger charge is 2.28. The topological polar surface area (TPSA) is 58.4 Å². The number of carbonyl (C=O) groups excluding carboxylic acids is 1. The molecule has 0 saturated carbocycles. The fraction of sp³-hybridized carbons (Fsp3) is 0.462. The number of nitrogens with zero attached hydrogens (tertiary/aromatic N) is 1. The van der Waals surface area contributed by atoms with Crippen LogP contribution < -0.4 is 11.3 Å². The molecule has 0 unspecified atom stereocenters. The molecule has 0 radical (unpaired) electrons. The maximum atomic E-state index is 13.5. The van der Waals surface area contributed by atoms with Crippen LogP contribution in [-0.2, 0) is 11.3 Å². The van der Waals surface area contributed by atoms with Crippen LogP contribution in [0.3, 0.4) is 0 Å². The molecule has 0 aromatic heterocycles. The van der Waals surface area contributed by atoms with Gasteiger partial charge in [0.25, 0.3) is 0 Å². The number of hydrogen-bond acceptors (Lipinski definition) is 3. The van der Waals surface area contributed by atoms with Crippen LogP contribution in [0, 0.1) is 11.2 Å². The standard InChI is InChI=1S/C13H20FN3O/c1-13(2,12(18)16-15)9-17(3)8-10-6-4-5-7-11(10)14/h4-7H,8-9,15H2,1-3H3,(H,16,18). The zero-order valence-corrected chi connectivity index (χ0v) is 11.0. The van der Waals surface area contributed by atoms with Crippen LogP contribution in [-0.4, -0.2) is 24.4 Å². The molecule has 0 heterocycles. The van der Waals surface area contributed by atoms with Gasteiger partial charge in [-0.3, -0.25) is 10.2 Å². The number of nitrogens with two attached hydrogens (primary N) is 1. The predicted molar refractivity (Wildman–Crippen MR) is 68.8 cm³/mol. The fourth-order valence-corrected chi connectivity index (χ4v) is 1.92. The van der Waals surface area contributed by atoms with E-state index >= 15 is 0 Å². The molecule has 0 aliphatic carbocycles. The minimum absolute atomic E-state index is 0.231. The van der Waals surface area contributed by atoms with Crippen LogP contribution in [0.4, 0.5) is 4.39 Å². The molecule has 1 aromatic rings. The molecule has 0 spiro atoms. The molecular weight excluding hydrogens is 233 g/mol. The molecular formula is C13H20FN3O. The summed E-state index contributed by atoms with van der Waals surface area (Å²) in [6.07, 6.45) is 0. The highest BCUT2D eigenvalue weighted by molar-refractivity contribution is 5.81. The van der Waals surface area contributed by atoms with E-state index in [1.807, 2.05) is 11.9 Å². The van der Waals surface area contributed by atoms with Crippen molar-refractivity contribution in [3.63, 3.8) is 0 Å². The average Bonchev–Trinajstić information content (AvgIpc) is 2.30. The van der Waals surface area contributed by atoms with E-state index in [0.717, 1.165) is 0 Å². The first-order chi connectivity index (χ1) is 8.36. The Labute approximate surface area is 107 Å². The van der Waals surface area contributed by atoms with Crippen LogP contribution in [0.1, 0.15) is 19.4 Å². The van der Waals surface area contributed by atoms with Crippen LogP contribution in [0.25, 0.3) is 0 Å². The Morgan fingerprint density at radius 2 is 2.06 bits per heavy atom. The number of rotatable bonds is 5. The lowest BCUT2D eigenvalue weighted by Gasteiger charge is -2.28. The third-order valence-electron chi connectivity index (χ3n) is 2.81. The maximum absolute atomic E-state index is 13.5. The van der Waals surface area contributed by atoms with Gasteiger partial charge in [0, 0.05) is 18.7 Å². The van der Waals surface area contributed by atoms with Crippen LogP contribution in [0.5, 0.6) is 0 Å². The highest BCUT2D eigenvalue weighted by atomic mass is 19.1. The zero-order valence-electron chi connectivity index (χ0n) is 11.0. The Bertz CT molecular complexity index is 420. The lowest BCUT2D eigenvalue weighted by atomic mass is 9.92. The summed E-state index contributed by atoms with van der Waals surface area (Å²) < 4.78 is 13.5. The Morgan fingerprint density at radius 1 is 1.44 bits per heavy atom. The Balaban J connectivity index is 2.65. The monoisotopic (exact) mass is 253 g/mol. The van der Waals surface area contributed by atoms with E-state index in [-0.39, 0.29) is 11.7 Å². The minimum Gasteiger partial charge on any atom is -0.301 e. The van der Waals surface area contributed by atoms with Crippen molar-refractivity contribution in [1.29, 1.82) is 0 Å². The van der Waals surface area contributed by atoms with Gasteiger partial charge in [0.05, 0.1) is 5.41 Å². The highest BCUT2D eigenvalue weighted by Crippen LogP contribution is 2.18. The third kappa shape index (κ3) is 3.78. The molecule has 5 heteroatoms. The number of halogens is 1. The molecule has 18 heavy (non-hydrogen) atoms. The first kappa shape index (κ1) is 14.6. The first-order valence-corrected chi connectivity index (χ1v) is 5.80. The van der Waals surface area contributed by atoms with Crippen molar-refractivity contribution < 1.29 is 9.18 Å². The van der Waals surface area contributed by atoms with E-state index < -0.39 is 5.41 Å². The zero-order chi connectivity index (χ0) is 13.8. The normalized spacial score (nSPS) is 11.7. The molecule has 0 aliphatic heterocycles. The quantitative estimate of drug-likeness (QED) is 0.472. The summed E-state index contributed by atoms with van der Waals surface area (Å²) in [5.74, 6) is 4.67. The van der Waals surface area contributed by atoms with Gasteiger partial charge in [0.1, 0.15) is 5.82 Å². The second-order valence-corrected chi connectivity index (χ2v) is 5.12. The number of nitrogens with one attached hydrogen (secondary N) is 1. The lowest BCUT2D eigenvalue weighted by molar-refractivity contribution is -0.130. The van der Waals surface area contributed by atoms with Crippen LogP contribution in [0.2, 0.25) is 0 Å². The fourth-order valence-electron chi connectivity index (χ4n) is 1.92. The molecule has 1 amide bonds. The Kier molecular flexibility index (Phi) is 4.81. The van der Waals surface area contributed by atoms with E-state index in [9.17, 15) is 9.18 Å². The van der Waals surface area contributed by atoms with Gasteiger partial charge in [-0.15, -0.1) is 0 Å². The number of hydrogen-bond donors (Lipinski definition) is 2. The molecule has 3 N–H and O–H groups in total. The van der Waals surface area contributed by atoms with E-state index in [1.54, 1.807) is 32.0 Å². The average molecular weight is 253 g/mol. The van der Waals surface area contributed by atoms with Gasteiger partial charge in [0.2, 0.25) is 5.91 Å². The van der Waals surface area contributed by atoms with Gasteiger partial charge in [-0.2, -0.15) is 0 Å². The molecule has 4 nitrogen and oxygen atoms in total. The van der Waals surface area contributed by atoms with Gasteiger partial charge in [0.15, 0.2) is 0 Å². The summed E-state index contributed by atoms with van der Waals surface area (Å²) in [6.45, 7) is 4.54. The van der Waals surface area contributed by atoms with E-state index in [4.69, 9.17) is 5.84 Å². The molecule has 100 valence electrons. The summed E-state index contributed by atoms with van der Waals surface area (Å²) in [7, 11) is 1.85. The second kappa shape index (κ2) is 5.93. The first-order valence-electron chi connectivity index (χ1n) is 5.80. The van der Waals surface area contributed by atoms with Crippen molar-refractivity contribution in [3.05, 3.63) is 35.6 Å². The molecule has 1 aromatic carbocycles. The summed E-state index contributed by atoms with van der Waals surface area (Å²) in [6, 6.07) is 6.62. The molecule has 0 atom stereocenters. The van der Waals surface area contributed by atoms with Gasteiger partial charge in [-0.05, 0) is 27.0 Å². The molecule has 0 fully saturated rings. The second-order valence-electron chi connectivity index (χ2n) is 5.12. The maximum Gasteiger partial charge on any atom is 0.240 e. The Morgan fingerprint density at radius 3 is 2.61 bits per heavy atom. The van der Waals surface area contributed by atoms with Gasteiger partial charge < -0.3 is 4.90 Å². The number of carbonyl (C=O) groups is 1. The van der Waals surface area contributed by atoms with Crippen molar-refractivity contribution in [3.8, 4) is 0 Å². The lowest BCUT2D eigenvalue weighted by Crippen LogP contribution is -2.46. The van der Waals surface area contributed by atoms with Crippen LogP contribution >= 0.6 is 0 Å². The summed E-state index contributed by atoms with van der Waals surface area (Å²) in [5.41, 5.74) is 2.14. The van der Waals surface area contributed by atoms with E-state index in [1.165, 1.54) is 6.07 Å². The van der Waals surface area contributed by atoms with Crippen molar-refractivity contribution >= 4 is 5.91 Å². The Hall–Kier alpha value is -1.46. The predicted octanol–water partition coefficient (Wildman–Crippen LogP) is 1.27. The molecule has 0 aliphatic rings. The number of benzene rings is 1. The largest absolute Gasteiger partial charge is 0.301 e. The summed E-state index contributed by atoms with van der Waals surface area (Å²) >= 11 is 0. The number of amides is 1. The van der Waals surface area contributed by atoms with Crippen LogP contribution in [0.15, 0.2) is 24.3 Å². The summed E-state index contributed by atoms with van der Waals surface area (Å²) in [4.78, 5) is 13.4. The van der Waals surface area contributed by atoms with Crippen molar-refractivity contribution in [2.75, 3.05) is 13.6 Å². The van der Waals surface area contributed by atoms with Crippen molar-refractivity contribution in [1.82, 2.24) is 10.3 Å². The molecule has 0 bridgehead atoms. The van der Waals surface area contributed by atoms with Gasteiger partial charge in [-0.1, -0.05) is 18.2 Å². The SMILES string of the molecule is CN(Cc1ccccc1F)CC(C)(C)C(=O)NN. The third-order valence-corrected chi connectivity index (χ3v) is 2.81. The smallest absolute Gasteiger partial charge is 0.240 e. The minimum atomic E-state index is -0.616. The van der Waals surface area contributed by atoms with E-state index in [0.29, 0.717) is 18.7 Å². The van der Waals surface area contributed by atoms with E-state index in [2.05, 4.69) is 5.43 Å². The molecule has 1 rings (SSSR count). The summed E-state index contributed by atoms with van der Waals surface area (Å²) in [5, 5.41) is 0. The van der Waals surface area contributed by atoms with Crippen molar-refractivity contribution in [2.45, 2.75) is 20.4 Å². The van der Waals surface area contributed by atoms with Gasteiger partial charge in [-0.25, -0.2) is 10.2 Å². The number of hydrazine groups is 1. The van der Waals surface area contributed by atoms with Crippen molar-refractivity contribution in [2.24, 2.45) is 11.3 Å². The van der Waals surface area contributed by atoms with Gasteiger partial charge >= 0.3 is 0 Å². The molecule has 0 saturated heterocycles.